The summed E-state index contributed by atoms with van der Waals surface area (Å²) >= 11 is 0. The Hall–Kier alpha value is -1.06. The van der Waals surface area contributed by atoms with Crippen LogP contribution in [-0.4, -0.2) is 26.4 Å². The van der Waals surface area contributed by atoms with E-state index in [1.807, 2.05) is 30.3 Å². The van der Waals surface area contributed by atoms with Crippen molar-refractivity contribution in [2.75, 3.05) is 26.4 Å². The van der Waals surface area contributed by atoms with Gasteiger partial charge in [0.05, 0.1) is 13.2 Å². The van der Waals surface area contributed by atoms with E-state index in [1.54, 1.807) is 0 Å². The number of hydrogen-bond donors (Lipinski definition) is 0. The van der Waals surface area contributed by atoms with Crippen LogP contribution < -0.4 is 4.74 Å². The summed E-state index contributed by atoms with van der Waals surface area (Å²) in [6.07, 6.45) is 0.575. The average molecular weight is 195 g/mol. The molecule has 0 atom stereocenters. The fraction of sp³-hybridized carbons (Fsp3) is 0.455. The largest absolute Gasteiger partial charge is 0.491 e. The maximum Gasteiger partial charge on any atom is 0.119 e. The third-order valence-electron chi connectivity index (χ3n) is 1.67. The summed E-state index contributed by atoms with van der Waals surface area (Å²) in [5.74, 6) is 0.847. The number of ether oxygens (including phenoxy) is 2. The van der Waals surface area contributed by atoms with Gasteiger partial charge in [-0.05, 0) is 18.6 Å². The van der Waals surface area contributed by atoms with Crippen LogP contribution in [0.4, 0.5) is 0 Å². The molecule has 77 valence electrons. The maximum atomic E-state index is 10.1. The van der Waals surface area contributed by atoms with Crippen LogP contribution in [0.5, 0.6) is 5.75 Å². The van der Waals surface area contributed by atoms with Crippen LogP contribution in [0.1, 0.15) is 6.42 Å². The lowest BCUT2D eigenvalue weighted by atomic mass is 10.3. The average Bonchev–Trinajstić information content (AvgIpc) is 2.25. The van der Waals surface area contributed by atoms with Gasteiger partial charge in [0.25, 0.3) is 0 Å². The Morgan fingerprint density at radius 1 is 1.00 bits per heavy atom. The molecule has 0 aliphatic heterocycles. The van der Waals surface area contributed by atoms with E-state index in [2.05, 4.69) is 0 Å². The van der Waals surface area contributed by atoms with Gasteiger partial charge >= 0.3 is 0 Å². The monoisotopic (exact) mass is 195 g/mol. The Morgan fingerprint density at radius 3 is 2.50 bits per heavy atom. The quantitative estimate of drug-likeness (QED) is 0.623. The summed E-state index contributed by atoms with van der Waals surface area (Å²) in [6.45, 7) is 1.53. The lowest BCUT2D eigenvalue weighted by Gasteiger charge is -2.05. The van der Waals surface area contributed by atoms with E-state index < -0.39 is 0 Å². The van der Waals surface area contributed by atoms with E-state index in [0.717, 1.165) is 5.75 Å². The fourth-order valence-corrected chi connectivity index (χ4v) is 0.998. The summed E-state index contributed by atoms with van der Waals surface area (Å²) in [5.41, 5.74) is 0. The molecule has 0 saturated carbocycles. The molecule has 0 spiro atoms. The van der Waals surface area contributed by atoms with Crippen molar-refractivity contribution in [1.82, 2.24) is 0 Å². The lowest BCUT2D eigenvalue weighted by molar-refractivity contribution is 0.0779. The first-order chi connectivity index (χ1) is 6.93. The van der Waals surface area contributed by atoms with E-state index in [1.165, 1.54) is 0 Å². The first-order valence-electron chi connectivity index (χ1n) is 4.77. The van der Waals surface area contributed by atoms with E-state index in [4.69, 9.17) is 9.47 Å². The molecule has 0 bridgehead atoms. The number of para-hydroxylation sites is 1. The van der Waals surface area contributed by atoms with E-state index in [0.29, 0.717) is 26.2 Å². The third-order valence-corrected chi connectivity index (χ3v) is 1.67. The third kappa shape index (κ3) is 4.84. The molecule has 0 aromatic heterocycles. The molecule has 0 unspecified atom stereocenters. The number of rotatable bonds is 7. The zero-order valence-corrected chi connectivity index (χ0v) is 8.15. The maximum absolute atomic E-state index is 10.1. The van der Waals surface area contributed by atoms with E-state index >= 15 is 0 Å². The Labute approximate surface area is 84.3 Å². The van der Waals surface area contributed by atoms with Crippen molar-refractivity contribution in [1.29, 1.82) is 0 Å². The molecule has 14 heavy (non-hydrogen) atoms. The number of hydrogen-bond acceptors (Lipinski definition) is 2. The van der Waals surface area contributed by atoms with Crippen LogP contribution in [0.25, 0.3) is 0 Å². The Kier molecular flexibility index (Phi) is 5.79. The SMILES string of the molecule is [O]CCCOCCOc1ccccc1. The van der Waals surface area contributed by atoms with Crippen LogP contribution in [0.3, 0.4) is 0 Å². The highest BCUT2D eigenvalue weighted by Crippen LogP contribution is 2.07. The minimum Gasteiger partial charge on any atom is -0.491 e. The van der Waals surface area contributed by atoms with E-state index in [9.17, 15) is 5.11 Å². The normalized spacial score (nSPS) is 10.1. The molecule has 0 aliphatic rings. The van der Waals surface area contributed by atoms with Gasteiger partial charge in [-0.1, -0.05) is 18.2 Å². The summed E-state index contributed by atoms with van der Waals surface area (Å²) in [6, 6.07) is 9.59. The van der Waals surface area contributed by atoms with Crippen LogP contribution in [0.15, 0.2) is 30.3 Å². The Morgan fingerprint density at radius 2 is 1.79 bits per heavy atom. The van der Waals surface area contributed by atoms with E-state index in [-0.39, 0.29) is 6.61 Å². The van der Waals surface area contributed by atoms with Crippen LogP contribution in [0, 0.1) is 0 Å². The molecular formula is C11H15O3. The topological polar surface area (TPSA) is 38.4 Å². The molecule has 0 aliphatic carbocycles. The van der Waals surface area contributed by atoms with Crippen LogP contribution >= 0.6 is 0 Å². The molecule has 1 aromatic rings. The second kappa shape index (κ2) is 7.35. The molecule has 0 amide bonds. The standard InChI is InChI=1S/C11H15O3/c12-7-4-8-13-9-10-14-11-5-2-1-3-6-11/h1-3,5-6H,4,7-10H2. The second-order valence-corrected chi connectivity index (χ2v) is 2.83. The molecule has 1 rings (SSSR count). The van der Waals surface area contributed by atoms with Crippen molar-refractivity contribution in [3.63, 3.8) is 0 Å². The molecule has 0 heterocycles. The zero-order chi connectivity index (χ0) is 10.1. The summed E-state index contributed by atoms with van der Waals surface area (Å²) in [4.78, 5) is 0. The van der Waals surface area contributed by atoms with Crippen molar-refractivity contribution in [3.05, 3.63) is 30.3 Å². The van der Waals surface area contributed by atoms with Crippen molar-refractivity contribution in [2.24, 2.45) is 0 Å². The smallest absolute Gasteiger partial charge is 0.119 e. The van der Waals surface area contributed by atoms with Crippen molar-refractivity contribution < 1.29 is 14.6 Å². The Bertz CT molecular complexity index is 223. The molecule has 3 nitrogen and oxygen atoms in total. The molecule has 0 fully saturated rings. The molecule has 0 N–H and O–H groups in total. The summed E-state index contributed by atoms with van der Waals surface area (Å²) < 4.78 is 10.6. The molecule has 1 aromatic carbocycles. The van der Waals surface area contributed by atoms with Gasteiger partial charge in [0.15, 0.2) is 0 Å². The van der Waals surface area contributed by atoms with Gasteiger partial charge < -0.3 is 9.47 Å². The molecule has 1 radical (unpaired) electrons. The number of benzene rings is 1. The molecule has 3 heteroatoms. The first kappa shape index (κ1) is 11.0. The minimum absolute atomic E-state index is 0.0699. The highest BCUT2D eigenvalue weighted by atomic mass is 16.5. The van der Waals surface area contributed by atoms with Crippen LogP contribution in [-0.2, 0) is 9.84 Å². The second-order valence-electron chi connectivity index (χ2n) is 2.83. The van der Waals surface area contributed by atoms with Gasteiger partial charge in [-0.25, -0.2) is 5.11 Å². The predicted octanol–water partition coefficient (Wildman–Crippen LogP) is 1.90. The minimum atomic E-state index is -0.0699. The predicted molar refractivity (Wildman–Crippen MR) is 52.9 cm³/mol. The fourth-order valence-electron chi connectivity index (χ4n) is 0.998. The zero-order valence-electron chi connectivity index (χ0n) is 8.15. The summed E-state index contributed by atoms with van der Waals surface area (Å²) in [5, 5.41) is 10.1. The first-order valence-corrected chi connectivity index (χ1v) is 4.77. The summed E-state index contributed by atoms with van der Waals surface area (Å²) in [7, 11) is 0. The van der Waals surface area contributed by atoms with Gasteiger partial charge in [0.2, 0.25) is 0 Å². The van der Waals surface area contributed by atoms with Gasteiger partial charge in [-0.15, -0.1) is 0 Å². The van der Waals surface area contributed by atoms with Crippen molar-refractivity contribution >= 4 is 0 Å². The van der Waals surface area contributed by atoms with Crippen molar-refractivity contribution in [3.8, 4) is 5.75 Å². The van der Waals surface area contributed by atoms with Crippen molar-refractivity contribution in [2.45, 2.75) is 6.42 Å². The lowest BCUT2D eigenvalue weighted by Crippen LogP contribution is -2.07. The Balaban J connectivity index is 1.99. The van der Waals surface area contributed by atoms with Gasteiger partial charge in [-0.2, -0.15) is 0 Å². The highest BCUT2D eigenvalue weighted by molar-refractivity contribution is 5.20. The van der Waals surface area contributed by atoms with Gasteiger partial charge in [-0.3, -0.25) is 0 Å². The highest BCUT2D eigenvalue weighted by Gasteiger charge is 1.91. The van der Waals surface area contributed by atoms with Crippen LogP contribution in [0.2, 0.25) is 0 Å². The van der Waals surface area contributed by atoms with Gasteiger partial charge in [0.1, 0.15) is 12.4 Å². The molecule has 0 saturated heterocycles. The molecular weight excluding hydrogens is 180 g/mol. The van der Waals surface area contributed by atoms with Gasteiger partial charge in [0, 0.05) is 6.61 Å².